The molecule has 0 spiro atoms. The molecule has 5 nitrogen and oxygen atoms in total. The summed E-state index contributed by atoms with van der Waals surface area (Å²) in [6.07, 6.45) is 0. The van der Waals surface area contributed by atoms with E-state index in [1.54, 1.807) is 6.07 Å². The van der Waals surface area contributed by atoms with Crippen LogP contribution in [0, 0.1) is 0 Å². The number of hydrogen-bond donors (Lipinski definition) is 2. The average molecular weight is 285 g/mol. The second-order valence-electron chi connectivity index (χ2n) is 5.93. The summed E-state index contributed by atoms with van der Waals surface area (Å²) in [7, 11) is 4.12. The molecule has 0 saturated carbocycles. The number of hydrogen-bond acceptors (Lipinski definition) is 5. The molecule has 1 heterocycles. The maximum atomic E-state index is 5.89. The summed E-state index contributed by atoms with van der Waals surface area (Å²) >= 11 is 0. The first kappa shape index (κ1) is 15.3. The molecule has 2 aromatic rings. The van der Waals surface area contributed by atoms with E-state index in [4.69, 9.17) is 5.73 Å². The molecule has 0 aliphatic carbocycles. The fourth-order valence-electron chi connectivity index (χ4n) is 1.74. The smallest absolute Gasteiger partial charge is 0.163 e. The topological polar surface area (TPSA) is 67.1 Å². The summed E-state index contributed by atoms with van der Waals surface area (Å²) in [6.45, 7) is 5.11. The van der Waals surface area contributed by atoms with Crippen LogP contribution in [0.15, 0.2) is 36.4 Å². The maximum Gasteiger partial charge on any atom is 0.163 e. The summed E-state index contributed by atoms with van der Waals surface area (Å²) in [5, 5.41) is 3.34. The zero-order valence-electron chi connectivity index (χ0n) is 13.1. The van der Waals surface area contributed by atoms with Gasteiger partial charge < -0.3 is 16.0 Å². The standard InChI is InChI=1S/C16H23N5/c1-16(2,21(3)4)11-18-14-10-13(17)19-15(20-14)12-8-6-5-7-9-12/h5-10H,11H2,1-4H3,(H3,17,18,19,20). The zero-order chi connectivity index (χ0) is 15.5. The fraction of sp³-hybridized carbons (Fsp3) is 0.375. The third kappa shape index (κ3) is 3.92. The van der Waals surface area contributed by atoms with Gasteiger partial charge in [-0.2, -0.15) is 0 Å². The Morgan fingerprint density at radius 2 is 1.81 bits per heavy atom. The summed E-state index contributed by atoms with van der Waals surface area (Å²) in [6, 6.07) is 11.6. The van der Waals surface area contributed by atoms with Crippen LogP contribution in [-0.4, -0.2) is 41.0 Å². The Balaban J connectivity index is 2.20. The van der Waals surface area contributed by atoms with Crippen molar-refractivity contribution in [3.05, 3.63) is 36.4 Å². The van der Waals surface area contributed by atoms with Crippen molar-refractivity contribution in [3.8, 4) is 11.4 Å². The molecule has 21 heavy (non-hydrogen) atoms. The summed E-state index contributed by atoms with van der Waals surface area (Å²) in [5.41, 5.74) is 6.87. The molecule has 0 aliphatic heterocycles. The minimum atomic E-state index is 0.0205. The van der Waals surface area contributed by atoms with Gasteiger partial charge in [0, 0.05) is 23.7 Å². The second kappa shape index (κ2) is 6.10. The fourth-order valence-corrected chi connectivity index (χ4v) is 1.74. The van der Waals surface area contributed by atoms with Crippen molar-refractivity contribution < 1.29 is 0 Å². The van der Waals surface area contributed by atoms with Crippen molar-refractivity contribution in [2.45, 2.75) is 19.4 Å². The molecular weight excluding hydrogens is 262 g/mol. The molecule has 1 aromatic carbocycles. The van der Waals surface area contributed by atoms with Crippen LogP contribution in [0.3, 0.4) is 0 Å². The third-order valence-corrected chi connectivity index (χ3v) is 3.69. The maximum absolute atomic E-state index is 5.89. The molecule has 1 aromatic heterocycles. The highest BCUT2D eigenvalue weighted by atomic mass is 15.2. The molecule has 3 N–H and O–H groups in total. The largest absolute Gasteiger partial charge is 0.384 e. The van der Waals surface area contributed by atoms with Crippen molar-refractivity contribution in [1.82, 2.24) is 14.9 Å². The minimum Gasteiger partial charge on any atom is -0.384 e. The van der Waals surface area contributed by atoms with Crippen LogP contribution in [0.5, 0.6) is 0 Å². The highest BCUT2D eigenvalue weighted by molar-refractivity contribution is 5.60. The predicted octanol–water partition coefficient (Wildman–Crippen LogP) is 2.48. The van der Waals surface area contributed by atoms with Crippen LogP contribution in [0.1, 0.15) is 13.8 Å². The van der Waals surface area contributed by atoms with Crippen LogP contribution < -0.4 is 11.1 Å². The van der Waals surface area contributed by atoms with Crippen LogP contribution in [0.2, 0.25) is 0 Å². The number of nitrogens with zero attached hydrogens (tertiary/aromatic N) is 3. The molecule has 2 rings (SSSR count). The van der Waals surface area contributed by atoms with Crippen LogP contribution in [-0.2, 0) is 0 Å². The number of rotatable bonds is 5. The Bertz CT molecular complexity index is 593. The number of nitrogens with two attached hydrogens (primary N) is 1. The zero-order valence-corrected chi connectivity index (χ0v) is 13.1. The van der Waals surface area contributed by atoms with Crippen molar-refractivity contribution in [2.75, 3.05) is 31.7 Å². The van der Waals surface area contributed by atoms with Crippen molar-refractivity contribution in [3.63, 3.8) is 0 Å². The number of aromatic nitrogens is 2. The van der Waals surface area contributed by atoms with E-state index < -0.39 is 0 Å². The Morgan fingerprint density at radius 1 is 1.14 bits per heavy atom. The first-order valence-electron chi connectivity index (χ1n) is 7.00. The number of benzene rings is 1. The van der Waals surface area contributed by atoms with Gasteiger partial charge in [-0.15, -0.1) is 0 Å². The number of nitrogen functional groups attached to an aromatic ring is 1. The predicted molar refractivity (Wildman–Crippen MR) is 88.1 cm³/mol. The van der Waals surface area contributed by atoms with Gasteiger partial charge in [-0.1, -0.05) is 30.3 Å². The quantitative estimate of drug-likeness (QED) is 0.883. The lowest BCUT2D eigenvalue weighted by Gasteiger charge is -2.32. The first-order chi connectivity index (χ1) is 9.88. The van der Waals surface area contributed by atoms with E-state index in [0.29, 0.717) is 11.6 Å². The Kier molecular flexibility index (Phi) is 4.43. The molecular formula is C16H23N5. The van der Waals surface area contributed by atoms with Crippen molar-refractivity contribution >= 4 is 11.6 Å². The molecule has 0 amide bonds. The van der Waals surface area contributed by atoms with E-state index in [1.165, 1.54) is 0 Å². The Hall–Kier alpha value is -2.14. The van der Waals surface area contributed by atoms with Crippen molar-refractivity contribution in [2.24, 2.45) is 0 Å². The monoisotopic (exact) mass is 285 g/mol. The first-order valence-corrected chi connectivity index (χ1v) is 7.00. The summed E-state index contributed by atoms with van der Waals surface area (Å²) < 4.78 is 0. The van der Waals surface area contributed by atoms with Gasteiger partial charge >= 0.3 is 0 Å². The molecule has 0 saturated heterocycles. The van der Waals surface area contributed by atoms with E-state index in [9.17, 15) is 0 Å². The molecule has 0 aliphatic rings. The normalized spacial score (nSPS) is 11.7. The lowest BCUT2D eigenvalue weighted by molar-refractivity contribution is 0.210. The highest BCUT2D eigenvalue weighted by Crippen LogP contribution is 2.19. The van der Waals surface area contributed by atoms with Gasteiger partial charge in [0.2, 0.25) is 0 Å². The molecule has 0 radical (unpaired) electrons. The van der Waals surface area contributed by atoms with Gasteiger partial charge in [-0.25, -0.2) is 9.97 Å². The molecule has 5 heteroatoms. The lowest BCUT2D eigenvalue weighted by atomic mass is 10.0. The summed E-state index contributed by atoms with van der Waals surface area (Å²) in [5.74, 6) is 1.85. The van der Waals surface area contributed by atoms with E-state index in [1.807, 2.05) is 30.3 Å². The number of anilines is 2. The second-order valence-corrected chi connectivity index (χ2v) is 5.93. The molecule has 112 valence electrons. The summed E-state index contributed by atoms with van der Waals surface area (Å²) in [4.78, 5) is 11.0. The van der Waals surface area contributed by atoms with Gasteiger partial charge in [-0.3, -0.25) is 0 Å². The van der Waals surface area contributed by atoms with Crippen LogP contribution in [0.25, 0.3) is 11.4 Å². The van der Waals surface area contributed by atoms with Crippen LogP contribution >= 0.6 is 0 Å². The van der Waals surface area contributed by atoms with Gasteiger partial charge in [-0.05, 0) is 27.9 Å². The van der Waals surface area contributed by atoms with Gasteiger partial charge in [0.15, 0.2) is 5.82 Å². The average Bonchev–Trinajstić information content (AvgIpc) is 2.45. The van der Waals surface area contributed by atoms with Gasteiger partial charge in [0.1, 0.15) is 11.6 Å². The van der Waals surface area contributed by atoms with E-state index in [0.717, 1.165) is 17.9 Å². The lowest BCUT2D eigenvalue weighted by Crippen LogP contribution is -2.44. The highest BCUT2D eigenvalue weighted by Gasteiger charge is 2.20. The Morgan fingerprint density at radius 3 is 2.43 bits per heavy atom. The third-order valence-electron chi connectivity index (χ3n) is 3.69. The SMILES string of the molecule is CN(C)C(C)(C)CNc1cc(N)nc(-c2ccccc2)n1. The van der Waals surface area contributed by atoms with Gasteiger partial charge in [0.25, 0.3) is 0 Å². The number of likely N-dealkylation sites (N-methyl/N-ethyl adjacent to an activating group) is 1. The van der Waals surface area contributed by atoms with Gasteiger partial charge in [0.05, 0.1) is 0 Å². The van der Waals surface area contributed by atoms with E-state index in [-0.39, 0.29) is 5.54 Å². The van der Waals surface area contributed by atoms with E-state index >= 15 is 0 Å². The van der Waals surface area contributed by atoms with E-state index in [2.05, 4.69) is 48.1 Å². The molecule has 0 bridgehead atoms. The molecule has 0 atom stereocenters. The Labute approximate surface area is 126 Å². The minimum absolute atomic E-state index is 0.0205. The van der Waals surface area contributed by atoms with Crippen molar-refractivity contribution in [1.29, 1.82) is 0 Å². The molecule has 0 fully saturated rings. The van der Waals surface area contributed by atoms with Crippen LogP contribution in [0.4, 0.5) is 11.6 Å². The molecule has 0 unspecified atom stereocenters. The number of nitrogens with one attached hydrogen (secondary N) is 1.